The maximum Gasteiger partial charge on any atom is 0.0303 e. The Kier molecular flexibility index (Phi) is 4.74. The molecule has 0 spiro atoms. The van der Waals surface area contributed by atoms with Crippen molar-refractivity contribution in [1.29, 1.82) is 0 Å². The van der Waals surface area contributed by atoms with E-state index in [0.29, 0.717) is 6.54 Å². The summed E-state index contributed by atoms with van der Waals surface area (Å²) in [6.07, 6.45) is 0. The van der Waals surface area contributed by atoms with Gasteiger partial charge in [0.2, 0.25) is 0 Å². The van der Waals surface area contributed by atoms with E-state index in [-0.39, 0.29) is 0 Å². The zero-order valence-electron chi connectivity index (χ0n) is 9.45. The minimum absolute atomic E-state index is 0.603. The molecule has 0 atom stereocenters. The molecule has 1 heterocycles. The molecule has 0 amide bonds. The lowest BCUT2D eigenvalue weighted by Gasteiger charge is -2.05. The van der Waals surface area contributed by atoms with Crippen LogP contribution < -0.4 is 11.1 Å². The SMILES string of the molecule is NCc1cccc(CNCc2cc(Br)cs2)c1. The number of thiophene rings is 1. The third-order valence-corrected chi connectivity index (χ3v) is 4.17. The zero-order chi connectivity index (χ0) is 12.1. The Hall–Kier alpha value is -0.680. The first-order valence-electron chi connectivity index (χ1n) is 5.49. The summed E-state index contributed by atoms with van der Waals surface area (Å²) in [5.41, 5.74) is 8.08. The average molecular weight is 311 g/mol. The van der Waals surface area contributed by atoms with Crippen molar-refractivity contribution >= 4 is 27.3 Å². The second-order valence-corrected chi connectivity index (χ2v) is 5.77. The first kappa shape index (κ1) is 12.8. The summed E-state index contributed by atoms with van der Waals surface area (Å²) in [5.74, 6) is 0. The highest BCUT2D eigenvalue weighted by atomic mass is 79.9. The van der Waals surface area contributed by atoms with Gasteiger partial charge in [-0.1, -0.05) is 24.3 Å². The van der Waals surface area contributed by atoms with Crippen LogP contribution in [0.15, 0.2) is 40.2 Å². The maximum absolute atomic E-state index is 5.62. The molecule has 2 rings (SSSR count). The van der Waals surface area contributed by atoms with Crippen LogP contribution in [0, 0.1) is 0 Å². The van der Waals surface area contributed by atoms with Gasteiger partial charge in [-0.3, -0.25) is 0 Å². The van der Waals surface area contributed by atoms with Gasteiger partial charge >= 0.3 is 0 Å². The van der Waals surface area contributed by atoms with Crippen LogP contribution in [0.4, 0.5) is 0 Å². The van der Waals surface area contributed by atoms with Crippen molar-refractivity contribution in [3.05, 3.63) is 56.2 Å². The molecule has 0 radical (unpaired) electrons. The summed E-state index contributed by atoms with van der Waals surface area (Å²) in [6, 6.07) is 10.5. The predicted molar refractivity (Wildman–Crippen MR) is 76.9 cm³/mol. The fourth-order valence-electron chi connectivity index (χ4n) is 1.64. The fourth-order valence-corrected chi connectivity index (χ4v) is 3.06. The highest BCUT2D eigenvalue weighted by Gasteiger charge is 1.98. The summed E-state index contributed by atoms with van der Waals surface area (Å²) in [4.78, 5) is 1.34. The molecular weight excluding hydrogens is 296 g/mol. The monoisotopic (exact) mass is 310 g/mol. The smallest absolute Gasteiger partial charge is 0.0303 e. The van der Waals surface area contributed by atoms with Crippen molar-refractivity contribution in [1.82, 2.24) is 5.32 Å². The molecule has 2 nitrogen and oxygen atoms in total. The van der Waals surface area contributed by atoms with Gasteiger partial charge in [0, 0.05) is 34.4 Å². The van der Waals surface area contributed by atoms with Gasteiger partial charge in [-0.15, -0.1) is 11.3 Å². The van der Waals surface area contributed by atoms with Gasteiger partial charge in [-0.05, 0) is 33.1 Å². The summed E-state index contributed by atoms with van der Waals surface area (Å²) in [5, 5.41) is 5.53. The molecule has 0 saturated heterocycles. The number of nitrogens with one attached hydrogen (secondary N) is 1. The van der Waals surface area contributed by atoms with Gasteiger partial charge in [0.1, 0.15) is 0 Å². The van der Waals surface area contributed by atoms with Crippen LogP contribution in [0.5, 0.6) is 0 Å². The summed E-state index contributed by atoms with van der Waals surface area (Å²) < 4.78 is 1.16. The molecule has 2 aromatic rings. The number of hydrogen-bond acceptors (Lipinski definition) is 3. The van der Waals surface area contributed by atoms with Crippen LogP contribution in [0.2, 0.25) is 0 Å². The second-order valence-electron chi connectivity index (χ2n) is 3.86. The third-order valence-electron chi connectivity index (χ3n) is 2.48. The highest BCUT2D eigenvalue weighted by Crippen LogP contribution is 2.19. The molecular formula is C13H15BrN2S. The average Bonchev–Trinajstić information content (AvgIpc) is 2.75. The number of halogens is 1. The standard InChI is InChI=1S/C13H15BrN2S/c14-12-5-13(17-9-12)8-16-7-11-3-1-2-10(4-11)6-15/h1-5,9,16H,6-8,15H2. The van der Waals surface area contributed by atoms with Crippen molar-refractivity contribution in [2.24, 2.45) is 5.73 Å². The van der Waals surface area contributed by atoms with E-state index in [2.05, 4.69) is 57.0 Å². The van der Waals surface area contributed by atoms with Crippen molar-refractivity contribution in [2.45, 2.75) is 19.6 Å². The lowest BCUT2D eigenvalue weighted by atomic mass is 10.1. The van der Waals surface area contributed by atoms with Gasteiger partial charge in [0.25, 0.3) is 0 Å². The molecule has 0 fully saturated rings. The Morgan fingerprint density at radius 2 is 2.00 bits per heavy atom. The fraction of sp³-hybridized carbons (Fsp3) is 0.231. The molecule has 0 unspecified atom stereocenters. The Labute approximate surface area is 114 Å². The molecule has 0 saturated carbocycles. The minimum atomic E-state index is 0.603. The van der Waals surface area contributed by atoms with Crippen LogP contribution in [0.3, 0.4) is 0 Å². The van der Waals surface area contributed by atoms with E-state index in [4.69, 9.17) is 5.73 Å². The molecule has 3 N–H and O–H groups in total. The largest absolute Gasteiger partial charge is 0.326 e. The number of hydrogen-bond donors (Lipinski definition) is 2. The summed E-state index contributed by atoms with van der Waals surface area (Å²) in [6.45, 7) is 2.39. The molecule has 17 heavy (non-hydrogen) atoms. The van der Waals surface area contributed by atoms with E-state index in [1.165, 1.54) is 16.0 Å². The molecule has 0 bridgehead atoms. The molecule has 4 heteroatoms. The Bertz CT molecular complexity index is 482. The first-order valence-corrected chi connectivity index (χ1v) is 7.16. The summed E-state index contributed by atoms with van der Waals surface area (Å²) in [7, 11) is 0. The normalized spacial score (nSPS) is 10.7. The van der Waals surface area contributed by atoms with Crippen molar-refractivity contribution in [2.75, 3.05) is 0 Å². The van der Waals surface area contributed by atoms with Crippen LogP contribution in [-0.4, -0.2) is 0 Å². The van der Waals surface area contributed by atoms with E-state index >= 15 is 0 Å². The van der Waals surface area contributed by atoms with E-state index in [9.17, 15) is 0 Å². The maximum atomic E-state index is 5.62. The predicted octanol–water partition coefficient (Wildman–Crippen LogP) is 3.26. The number of rotatable bonds is 5. The van der Waals surface area contributed by atoms with E-state index in [0.717, 1.165) is 17.6 Å². The summed E-state index contributed by atoms with van der Waals surface area (Å²) >= 11 is 5.22. The molecule has 0 aliphatic carbocycles. The number of benzene rings is 1. The van der Waals surface area contributed by atoms with Gasteiger partial charge < -0.3 is 11.1 Å². The lowest BCUT2D eigenvalue weighted by molar-refractivity contribution is 0.700. The Morgan fingerprint density at radius 3 is 2.71 bits per heavy atom. The molecule has 0 aliphatic rings. The first-order chi connectivity index (χ1) is 8.28. The molecule has 0 aliphatic heterocycles. The van der Waals surface area contributed by atoms with Crippen LogP contribution in [0.1, 0.15) is 16.0 Å². The van der Waals surface area contributed by atoms with Crippen LogP contribution >= 0.6 is 27.3 Å². The number of nitrogens with two attached hydrogens (primary N) is 1. The topological polar surface area (TPSA) is 38.0 Å². The van der Waals surface area contributed by atoms with Crippen molar-refractivity contribution < 1.29 is 0 Å². The third kappa shape index (κ3) is 3.92. The lowest BCUT2D eigenvalue weighted by Crippen LogP contribution is -2.12. The van der Waals surface area contributed by atoms with Crippen LogP contribution in [0.25, 0.3) is 0 Å². The Balaban J connectivity index is 1.85. The van der Waals surface area contributed by atoms with Gasteiger partial charge in [-0.2, -0.15) is 0 Å². The van der Waals surface area contributed by atoms with Gasteiger partial charge in [0.05, 0.1) is 0 Å². The molecule has 90 valence electrons. The zero-order valence-corrected chi connectivity index (χ0v) is 11.9. The molecule has 1 aromatic heterocycles. The van der Waals surface area contributed by atoms with E-state index in [1.807, 2.05) is 0 Å². The highest BCUT2D eigenvalue weighted by molar-refractivity contribution is 9.10. The molecule has 1 aromatic carbocycles. The van der Waals surface area contributed by atoms with Crippen molar-refractivity contribution in [3.8, 4) is 0 Å². The van der Waals surface area contributed by atoms with Crippen molar-refractivity contribution in [3.63, 3.8) is 0 Å². The van der Waals surface area contributed by atoms with E-state index in [1.54, 1.807) is 11.3 Å². The van der Waals surface area contributed by atoms with Gasteiger partial charge in [-0.25, -0.2) is 0 Å². The second kappa shape index (κ2) is 6.31. The van der Waals surface area contributed by atoms with Gasteiger partial charge in [0.15, 0.2) is 0 Å². The minimum Gasteiger partial charge on any atom is -0.326 e. The van der Waals surface area contributed by atoms with E-state index < -0.39 is 0 Å². The quantitative estimate of drug-likeness (QED) is 0.889. The van der Waals surface area contributed by atoms with Crippen LogP contribution in [-0.2, 0) is 19.6 Å². The Morgan fingerprint density at radius 1 is 1.18 bits per heavy atom.